The van der Waals surface area contributed by atoms with Gasteiger partial charge >= 0.3 is 5.97 Å². The molecule has 5 rings (SSSR count). The molecule has 7 nitrogen and oxygen atoms in total. The highest BCUT2D eigenvalue weighted by Crippen LogP contribution is 2.30. The molecule has 8 heteroatoms. The maximum atomic E-state index is 13.3. The molecule has 0 aliphatic carbocycles. The first kappa shape index (κ1) is 22.2. The van der Waals surface area contributed by atoms with Crippen molar-refractivity contribution in [3.05, 3.63) is 102 Å². The highest BCUT2D eigenvalue weighted by Gasteiger charge is 2.18. The minimum atomic E-state index is -3.89. The molecule has 0 atom stereocenters. The van der Waals surface area contributed by atoms with E-state index in [-0.39, 0.29) is 10.6 Å². The molecule has 0 saturated carbocycles. The summed E-state index contributed by atoms with van der Waals surface area (Å²) < 4.78 is 31.2. The molecule has 0 radical (unpaired) electrons. The predicted octanol–water partition coefficient (Wildman–Crippen LogP) is 4.63. The number of nitrogens with one attached hydrogen (secondary N) is 1. The maximum Gasteiger partial charge on any atom is 0.354 e. The number of carboxylic acid groups (broad SMARTS) is 1. The van der Waals surface area contributed by atoms with Crippen molar-refractivity contribution in [3.8, 4) is 11.8 Å². The Balaban J connectivity index is 1.48. The Morgan fingerprint density at radius 3 is 2.43 bits per heavy atom. The predicted molar refractivity (Wildman–Crippen MR) is 135 cm³/mol. The van der Waals surface area contributed by atoms with Gasteiger partial charge in [-0.15, -0.1) is 0 Å². The lowest BCUT2D eigenvalue weighted by Crippen LogP contribution is -2.14. The van der Waals surface area contributed by atoms with Crippen molar-refractivity contribution in [1.29, 1.82) is 0 Å². The van der Waals surface area contributed by atoms with Crippen LogP contribution in [0.5, 0.6) is 0 Å². The van der Waals surface area contributed by atoms with E-state index in [2.05, 4.69) is 21.5 Å². The van der Waals surface area contributed by atoms with E-state index >= 15 is 0 Å². The number of nitrogens with zero attached hydrogens (tertiary/aromatic N) is 2. The zero-order valence-electron chi connectivity index (χ0n) is 18.6. The van der Waals surface area contributed by atoms with Gasteiger partial charge in [-0.05, 0) is 42.5 Å². The van der Waals surface area contributed by atoms with E-state index < -0.39 is 16.0 Å². The molecule has 5 aromatic rings. The number of para-hydroxylation sites is 2. The van der Waals surface area contributed by atoms with Crippen LogP contribution in [0.15, 0.2) is 90.0 Å². The fourth-order valence-electron chi connectivity index (χ4n) is 3.93. The Labute approximate surface area is 201 Å². The minimum Gasteiger partial charge on any atom is -0.477 e. The number of fused-ring (bicyclic) bond motifs is 3. The summed E-state index contributed by atoms with van der Waals surface area (Å²) in [5.41, 5.74) is 3.09. The van der Waals surface area contributed by atoms with Gasteiger partial charge in [0.05, 0.1) is 16.1 Å². The summed E-state index contributed by atoms with van der Waals surface area (Å²) >= 11 is 0. The number of aryl methyl sites for hydroxylation is 1. The van der Waals surface area contributed by atoms with E-state index in [0.29, 0.717) is 16.8 Å². The number of hydrogen-bond acceptors (Lipinski definition) is 4. The number of hydrogen-bond donors (Lipinski definition) is 2. The van der Waals surface area contributed by atoms with E-state index in [1.54, 1.807) is 42.5 Å². The fraction of sp³-hybridized carbons (Fsp3) is 0.0370. The first-order valence-corrected chi connectivity index (χ1v) is 12.1. The summed E-state index contributed by atoms with van der Waals surface area (Å²) in [6.45, 7) is 0. The van der Waals surface area contributed by atoms with Gasteiger partial charge in [-0.1, -0.05) is 48.2 Å². The Bertz CT molecular complexity index is 1780. The van der Waals surface area contributed by atoms with Crippen LogP contribution in [0.2, 0.25) is 0 Å². The number of aromatic carboxylic acids is 1. The number of sulfonamides is 1. The molecule has 2 aromatic heterocycles. The Morgan fingerprint density at radius 1 is 0.914 bits per heavy atom. The smallest absolute Gasteiger partial charge is 0.354 e. The molecule has 0 spiro atoms. The number of anilines is 1. The second-order valence-corrected chi connectivity index (χ2v) is 9.58. The largest absolute Gasteiger partial charge is 0.477 e. The molecule has 172 valence electrons. The standard InChI is InChI=1S/C27H19N3O4S/c1-30-25-9-5-3-7-21(25)22-14-13-20(16-26(22)30)35(33,34)29-23-8-4-2-6-19(23)12-10-18-11-15-24(27(31)32)28-17-18/h2-9,11,13-17,29H,1H3,(H,31,32). The summed E-state index contributed by atoms with van der Waals surface area (Å²) in [5, 5.41) is 11.0. The van der Waals surface area contributed by atoms with Crippen molar-refractivity contribution in [3.63, 3.8) is 0 Å². The van der Waals surface area contributed by atoms with Crippen molar-refractivity contribution in [1.82, 2.24) is 9.55 Å². The van der Waals surface area contributed by atoms with Crippen LogP contribution in [0.3, 0.4) is 0 Å². The molecular weight excluding hydrogens is 462 g/mol. The number of carbonyl (C=O) groups is 1. The van der Waals surface area contributed by atoms with Gasteiger partial charge < -0.3 is 9.67 Å². The molecule has 2 heterocycles. The molecule has 0 bridgehead atoms. The molecule has 0 saturated heterocycles. The van der Waals surface area contributed by atoms with Crippen LogP contribution in [0, 0.1) is 11.8 Å². The Hall–Kier alpha value is -4.61. The van der Waals surface area contributed by atoms with E-state index in [1.165, 1.54) is 12.3 Å². The number of benzene rings is 3. The van der Waals surface area contributed by atoms with Crippen molar-refractivity contribution >= 4 is 43.5 Å². The normalized spacial score (nSPS) is 11.2. The van der Waals surface area contributed by atoms with Gasteiger partial charge in [0.1, 0.15) is 5.69 Å². The molecule has 0 aliphatic heterocycles. The van der Waals surface area contributed by atoms with Gasteiger partial charge in [0, 0.05) is 40.7 Å². The zero-order chi connectivity index (χ0) is 24.6. The SMILES string of the molecule is Cn1c2ccccc2c2ccc(S(=O)(=O)Nc3ccccc3C#Cc3ccc(C(=O)O)nc3)cc21. The molecule has 0 unspecified atom stereocenters. The highest BCUT2D eigenvalue weighted by molar-refractivity contribution is 7.92. The second kappa shape index (κ2) is 8.63. The third kappa shape index (κ3) is 4.21. The van der Waals surface area contributed by atoms with Gasteiger partial charge in [0.15, 0.2) is 0 Å². The summed E-state index contributed by atoms with van der Waals surface area (Å²) in [6.07, 6.45) is 1.36. The van der Waals surface area contributed by atoms with Crippen LogP contribution in [0.25, 0.3) is 21.8 Å². The number of carboxylic acids is 1. The number of aromatic nitrogens is 2. The molecule has 3 aromatic carbocycles. The van der Waals surface area contributed by atoms with Gasteiger partial charge in [0.25, 0.3) is 10.0 Å². The van der Waals surface area contributed by atoms with Gasteiger partial charge in [0.2, 0.25) is 0 Å². The first-order valence-electron chi connectivity index (χ1n) is 10.6. The molecule has 0 fully saturated rings. The van der Waals surface area contributed by atoms with Gasteiger partial charge in [-0.3, -0.25) is 4.72 Å². The van der Waals surface area contributed by atoms with Gasteiger partial charge in [-0.2, -0.15) is 0 Å². The molecule has 35 heavy (non-hydrogen) atoms. The van der Waals surface area contributed by atoms with Crippen LogP contribution in [-0.2, 0) is 17.1 Å². The zero-order valence-corrected chi connectivity index (χ0v) is 19.4. The maximum absolute atomic E-state index is 13.3. The third-order valence-electron chi connectivity index (χ3n) is 5.69. The molecule has 0 aliphatic rings. The van der Waals surface area contributed by atoms with Crippen LogP contribution < -0.4 is 4.72 Å². The van der Waals surface area contributed by atoms with Crippen LogP contribution in [0.1, 0.15) is 21.6 Å². The summed E-state index contributed by atoms with van der Waals surface area (Å²) in [6, 6.07) is 22.8. The minimum absolute atomic E-state index is 0.0770. The summed E-state index contributed by atoms with van der Waals surface area (Å²) in [4.78, 5) is 14.9. The van der Waals surface area contributed by atoms with Gasteiger partial charge in [-0.25, -0.2) is 18.2 Å². The lowest BCUT2D eigenvalue weighted by Gasteiger charge is -2.10. The van der Waals surface area contributed by atoms with E-state index in [1.807, 2.05) is 41.9 Å². The van der Waals surface area contributed by atoms with E-state index in [4.69, 9.17) is 5.11 Å². The van der Waals surface area contributed by atoms with Crippen LogP contribution in [0.4, 0.5) is 5.69 Å². The average Bonchev–Trinajstić information content (AvgIpc) is 3.15. The fourth-order valence-corrected chi connectivity index (χ4v) is 5.03. The number of rotatable bonds is 4. The lowest BCUT2D eigenvalue weighted by molar-refractivity contribution is 0.0690. The topological polar surface area (TPSA) is 101 Å². The summed E-state index contributed by atoms with van der Waals surface area (Å²) in [5.74, 6) is 4.72. The van der Waals surface area contributed by atoms with Crippen molar-refractivity contribution in [2.24, 2.45) is 7.05 Å². The van der Waals surface area contributed by atoms with Crippen molar-refractivity contribution in [2.75, 3.05) is 4.72 Å². The van der Waals surface area contributed by atoms with Crippen LogP contribution in [-0.4, -0.2) is 29.0 Å². The monoisotopic (exact) mass is 481 g/mol. The molecule has 0 amide bonds. The number of pyridine rings is 1. The van der Waals surface area contributed by atoms with Crippen LogP contribution >= 0.6 is 0 Å². The Morgan fingerprint density at radius 2 is 1.66 bits per heavy atom. The lowest BCUT2D eigenvalue weighted by atomic mass is 10.1. The summed E-state index contributed by atoms with van der Waals surface area (Å²) in [7, 11) is -1.97. The molecular formula is C27H19N3O4S. The average molecular weight is 482 g/mol. The third-order valence-corrected chi connectivity index (χ3v) is 7.06. The van der Waals surface area contributed by atoms with Crippen molar-refractivity contribution < 1.29 is 18.3 Å². The van der Waals surface area contributed by atoms with E-state index in [0.717, 1.165) is 21.8 Å². The molecule has 2 N–H and O–H groups in total. The van der Waals surface area contributed by atoms with Crippen molar-refractivity contribution in [2.45, 2.75) is 4.90 Å². The first-order chi connectivity index (χ1) is 16.8. The quantitative estimate of drug-likeness (QED) is 0.365. The second-order valence-electron chi connectivity index (χ2n) is 7.89. The highest BCUT2D eigenvalue weighted by atomic mass is 32.2. The van der Waals surface area contributed by atoms with E-state index in [9.17, 15) is 13.2 Å². The Kier molecular flexibility index (Phi) is 5.47.